The third kappa shape index (κ3) is 6.09. The summed E-state index contributed by atoms with van der Waals surface area (Å²) in [5.74, 6) is -0.891. The maximum absolute atomic E-state index is 14.6. The highest BCUT2D eigenvalue weighted by atomic mass is 19.4. The van der Waals surface area contributed by atoms with Gasteiger partial charge in [0.15, 0.2) is 6.10 Å². The summed E-state index contributed by atoms with van der Waals surface area (Å²) in [6.07, 6.45) is -6.17. The highest BCUT2D eigenvalue weighted by Gasteiger charge is 2.41. The fourth-order valence-electron chi connectivity index (χ4n) is 3.02. The van der Waals surface area contributed by atoms with Gasteiger partial charge in [-0.05, 0) is 36.5 Å². The number of hydrogen-bond acceptors (Lipinski definition) is 3. The molecule has 1 aromatic carbocycles. The molecule has 1 heterocycles. The van der Waals surface area contributed by atoms with Crippen LogP contribution in [0.2, 0.25) is 0 Å². The molecule has 0 saturated carbocycles. The van der Waals surface area contributed by atoms with E-state index in [2.05, 4.69) is 5.32 Å². The van der Waals surface area contributed by atoms with E-state index in [4.69, 9.17) is 4.74 Å². The lowest BCUT2D eigenvalue weighted by molar-refractivity contribution is -0.218. The molecule has 0 aliphatic carbocycles. The van der Waals surface area contributed by atoms with Gasteiger partial charge in [-0.3, -0.25) is 4.79 Å². The summed E-state index contributed by atoms with van der Waals surface area (Å²) in [5.41, 5.74) is 0.873. The Morgan fingerprint density at radius 2 is 1.93 bits per heavy atom. The first-order chi connectivity index (χ1) is 12.4. The monoisotopic (exact) mass is 390 g/mol. The van der Waals surface area contributed by atoms with E-state index >= 15 is 0 Å². The van der Waals surface area contributed by atoms with Gasteiger partial charge in [-0.2, -0.15) is 13.2 Å². The van der Waals surface area contributed by atoms with Crippen molar-refractivity contribution in [2.45, 2.75) is 52.8 Å². The number of amides is 1. The molecule has 8 heteroatoms. The Bertz CT molecular complexity index is 660. The van der Waals surface area contributed by atoms with Crippen LogP contribution in [0, 0.1) is 18.2 Å². The smallest absolute Gasteiger partial charge is 0.369 e. The molecule has 1 atom stereocenters. The largest absolute Gasteiger partial charge is 0.414 e. The zero-order valence-corrected chi connectivity index (χ0v) is 16.0. The molecule has 1 saturated heterocycles. The number of nitrogens with one attached hydrogen (secondary N) is 1. The number of carbonyl (C=O) groups excluding carboxylic acids is 1. The summed E-state index contributed by atoms with van der Waals surface area (Å²) in [7, 11) is 0. The van der Waals surface area contributed by atoms with Crippen LogP contribution in [-0.2, 0) is 9.53 Å². The zero-order chi connectivity index (χ0) is 20.4. The third-order valence-corrected chi connectivity index (χ3v) is 4.30. The van der Waals surface area contributed by atoms with Crippen LogP contribution in [0.5, 0.6) is 0 Å². The number of benzene rings is 1. The van der Waals surface area contributed by atoms with Gasteiger partial charge < -0.3 is 15.0 Å². The van der Waals surface area contributed by atoms with Crippen molar-refractivity contribution in [2.24, 2.45) is 5.41 Å². The van der Waals surface area contributed by atoms with Crippen molar-refractivity contribution >= 4 is 17.3 Å². The highest BCUT2D eigenvalue weighted by molar-refractivity contribution is 5.92. The van der Waals surface area contributed by atoms with E-state index in [0.29, 0.717) is 11.3 Å². The summed E-state index contributed by atoms with van der Waals surface area (Å²) >= 11 is 0. The molecule has 1 aromatic rings. The molecule has 1 N–H and O–H groups in total. The Labute approximate surface area is 156 Å². The maximum atomic E-state index is 14.6. The normalized spacial score (nSPS) is 19.0. The van der Waals surface area contributed by atoms with E-state index in [-0.39, 0.29) is 49.5 Å². The molecule has 0 unspecified atom stereocenters. The minimum absolute atomic E-state index is 0.0884. The molecule has 0 spiro atoms. The van der Waals surface area contributed by atoms with Crippen LogP contribution in [0.15, 0.2) is 12.1 Å². The standard InChI is InChI=1S/C19H26F4N2O2/c1-12-9-13(25-6-5-15(19(21,22)23)27-8-7-25)10-14(20)17(12)24-16(26)11-18(2,3)4/h9-10,15H,5-8,11H2,1-4H3,(H,24,26)/t15-/m0/s1. The first-order valence-corrected chi connectivity index (χ1v) is 8.90. The van der Waals surface area contributed by atoms with Crippen molar-refractivity contribution in [3.63, 3.8) is 0 Å². The molecule has 0 radical (unpaired) electrons. The Hall–Kier alpha value is -1.83. The summed E-state index contributed by atoms with van der Waals surface area (Å²) < 4.78 is 57.9. The van der Waals surface area contributed by atoms with Crippen LogP contribution < -0.4 is 10.2 Å². The fraction of sp³-hybridized carbons (Fsp3) is 0.632. The van der Waals surface area contributed by atoms with E-state index in [9.17, 15) is 22.4 Å². The zero-order valence-electron chi connectivity index (χ0n) is 16.0. The topological polar surface area (TPSA) is 41.6 Å². The molecule has 152 valence electrons. The van der Waals surface area contributed by atoms with Crippen molar-refractivity contribution in [3.05, 3.63) is 23.5 Å². The maximum Gasteiger partial charge on any atom is 0.414 e. The van der Waals surface area contributed by atoms with Gasteiger partial charge in [0.25, 0.3) is 0 Å². The first kappa shape index (κ1) is 21.5. The van der Waals surface area contributed by atoms with Crippen molar-refractivity contribution in [2.75, 3.05) is 29.9 Å². The van der Waals surface area contributed by atoms with Gasteiger partial charge in [-0.1, -0.05) is 20.8 Å². The summed E-state index contributed by atoms with van der Waals surface area (Å²) in [6, 6.07) is 2.91. The van der Waals surface area contributed by atoms with Crippen LogP contribution in [-0.4, -0.2) is 37.9 Å². The quantitative estimate of drug-likeness (QED) is 0.763. The molecular weight excluding hydrogens is 364 g/mol. The van der Waals surface area contributed by atoms with Crippen LogP contribution in [0.3, 0.4) is 0 Å². The number of rotatable bonds is 3. The summed E-state index contributed by atoms with van der Waals surface area (Å²) in [6.45, 7) is 7.65. The minimum Gasteiger partial charge on any atom is -0.369 e. The molecule has 1 aliphatic rings. The average Bonchev–Trinajstić information content (AvgIpc) is 2.74. The van der Waals surface area contributed by atoms with Crippen LogP contribution >= 0.6 is 0 Å². The van der Waals surface area contributed by atoms with Gasteiger partial charge in [-0.25, -0.2) is 4.39 Å². The Kier molecular flexibility index (Phi) is 6.39. The lowest BCUT2D eigenvalue weighted by atomic mass is 9.92. The summed E-state index contributed by atoms with van der Waals surface area (Å²) in [4.78, 5) is 13.8. The number of carbonyl (C=O) groups is 1. The number of alkyl halides is 3. The van der Waals surface area contributed by atoms with Crippen molar-refractivity contribution in [3.8, 4) is 0 Å². The van der Waals surface area contributed by atoms with E-state index in [0.717, 1.165) is 0 Å². The second-order valence-electron chi connectivity index (χ2n) is 8.08. The van der Waals surface area contributed by atoms with Gasteiger partial charge in [0.2, 0.25) is 5.91 Å². The number of ether oxygens (including phenoxy) is 1. The Balaban J connectivity index is 2.13. The Morgan fingerprint density at radius 1 is 1.26 bits per heavy atom. The van der Waals surface area contributed by atoms with E-state index < -0.39 is 18.1 Å². The molecule has 1 aliphatic heterocycles. The molecule has 27 heavy (non-hydrogen) atoms. The predicted octanol–water partition coefficient (Wildman–Crippen LogP) is 4.67. The van der Waals surface area contributed by atoms with E-state index in [1.807, 2.05) is 20.8 Å². The van der Waals surface area contributed by atoms with E-state index in [1.54, 1.807) is 17.9 Å². The molecular formula is C19H26F4N2O2. The van der Waals surface area contributed by atoms with Crippen LogP contribution in [0.4, 0.5) is 28.9 Å². The predicted molar refractivity (Wildman–Crippen MR) is 96.5 cm³/mol. The molecule has 0 bridgehead atoms. The number of aryl methyl sites for hydroxylation is 1. The molecule has 0 aromatic heterocycles. The van der Waals surface area contributed by atoms with Crippen LogP contribution in [0.1, 0.15) is 39.2 Å². The average molecular weight is 390 g/mol. The van der Waals surface area contributed by atoms with Crippen molar-refractivity contribution < 1.29 is 27.1 Å². The second kappa shape index (κ2) is 8.04. The SMILES string of the molecule is Cc1cc(N2CCO[C@H](C(F)(F)F)CC2)cc(F)c1NC(=O)CC(C)(C)C. The second-order valence-corrected chi connectivity index (χ2v) is 8.08. The van der Waals surface area contributed by atoms with Crippen molar-refractivity contribution in [1.29, 1.82) is 0 Å². The van der Waals surface area contributed by atoms with Gasteiger partial charge in [0.05, 0.1) is 12.3 Å². The molecule has 1 amide bonds. The molecule has 1 fully saturated rings. The number of nitrogens with zero attached hydrogens (tertiary/aromatic N) is 1. The first-order valence-electron chi connectivity index (χ1n) is 8.90. The lowest BCUT2D eigenvalue weighted by Crippen LogP contribution is -2.32. The number of anilines is 2. The van der Waals surface area contributed by atoms with Gasteiger partial charge in [0.1, 0.15) is 5.82 Å². The summed E-state index contributed by atoms with van der Waals surface area (Å²) in [5, 5.41) is 2.60. The van der Waals surface area contributed by atoms with Gasteiger partial charge in [0, 0.05) is 25.2 Å². The molecule has 2 rings (SSSR count). The van der Waals surface area contributed by atoms with Crippen molar-refractivity contribution in [1.82, 2.24) is 0 Å². The fourth-order valence-corrected chi connectivity index (χ4v) is 3.02. The third-order valence-electron chi connectivity index (χ3n) is 4.30. The number of halogens is 4. The van der Waals surface area contributed by atoms with Crippen LogP contribution in [0.25, 0.3) is 0 Å². The lowest BCUT2D eigenvalue weighted by Gasteiger charge is -2.24. The molecule has 4 nitrogen and oxygen atoms in total. The highest BCUT2D eigenvalue weighted by Crippen LogP contribution is 2.31. The van der Waals surface area contributed by atoms with Gasteiger partial charge in [-0.15, -0.1) is 0 Å². The number of hydrogen-bond donors (Lipinski definition) is 1. The van der Waals surface area contributed by atoms with E-state index in [1.165, 1.54) is 6.07 Å². The Morgan fingerprint density at radius 3 is 2.48 bits per heavy atom. The minimum atomic E-state index is -4.40. The van der Waals surface area contributed by atoms with Gasteiger partial charge >= 0.3 is 6.18 Å².